The van der Waals surface area contributed by atoms with E-state index in [0.717, 1.165) is 53.9 Å². The Bertz CT molecular complexity index is 1030. The standard InChI is InChI=1S/C18H17N7/c1-2-16-13(10-19-11-21-16)9-14(1)24-5-7-25(8-6-24)18-15-3-4-20-17(15)22-12-23-18/h1-4,9-12H,5-8H2,(H,20,22,23). The van der Waals surface area contributed by atoms with E-state index in [4.69, 9.17) is 0 Å². The van der Waals surface area contributed by atoms with Crippen LogP contribution in [0.1, 0.15) is 0 Å². The van der Waals surface area contributed by atoms with Crippen molar-refractivity contribution in [1.82, 2.24) is 24.9 Å². The molecule has 3 aromatic heterocycles. The van der Waals surface area contributed by atoms with E-state index in [9.17, 15) is 0 Å². The number of rotatable bonds is 2. The van der Waals surface area contributed by atoms with Crippen molar-refractivity contribution < 1.29 is 0 Å². The molecular weight excluding hydrogens is 314 g/mol. The van der Waals surface area contributed by atoms with Crippen LogP contribution in [0.4, 0.5) is 11.5 Å². The molecule has 0 amide bonds. The first kappa shape index (κ1) is 14.2. The first-order valence-electron chi connectivity index (χ1n) is 8.36. The Balaban J connectivity index is 1.37. The van der Waals surface area contributed by atoms with Crippen LogP contribution < -0.4 is 9.80 Å². The van der Waals surface area contributed by atoms with Gasteiger partial charge in [0, 0.05) is 49.6 Å². The van der Waals surface area contributed by atoms with Gasteiger partial charge < -0.3 is 14.8 Å². The fourth-order valence-electron chi connectivity index (χ4n) is 3.46. The smallest absolute Gasteiger partial charge is 0.142 e. The summed E-state index contributed by atoms with van der Waals surface area (Å²) < 4.78 is 0. The number of H-pyrrole nitrogens is 1. The van der Waals surface area contributed by atoms with E-state index in [1.807, 2.05) is 18.5 Å². The van der Waals surface area contributed by atoms with E-state index < -0.39 is 0 Å². The number of piperazine rings is 1. The van der Waals surface area contributed by atoms with Crippen molar-refractivity contribution in [3.63, 3.8) is 0 Å². The second kappa shape index (κ2) is 5.70. The first-order valence-corrected chi connectivity index (χ1v) is 8.36. The van der Waals surface area contributed by atoms with Gasteiger partial charge in [0.15, 0.2) is 0 Å². The summed E-state index contributed by atoms with van der Waals surface area (Å²) in [5.41, 5.74) is 3.09. The second-order valence-electron chi connectivity index (χ2n) is 6.18. The maximum Gasteiger partial charge on any atom is 0.142 e. The van der Waals surface area contributed by atoms with Crippen LogP contribution in [0.3, 0.4) is 0 Å². The van der Waals surface area contributed by atoms with Gasteiger partial charge in [0.25, 0.3) is 0 Å². The first-order chi connectivity index (χ1) is 12.4. The molecule has 0 bridgehead atoms. The zero-order valence-corrected chi connectivity index (χ0v) is 13.6. The third-order valence-corrected chi connectivity index (χ3v) is 4.77. The number of anilines is 2. The third-order valence-electron chi connectivity index (χ3n) is 4.77. The molecule has 0 saturated carbocycles. The molecule has 0 unspecified atom stereocenters. The van der Waals surface area contributed by atoms with Crippen LogP contribution in [0.15, 0.2) is 49.3 Å². The quantitative estimate of drug-likeness (QED) is 0.607. The Labute approximate surface area is 144 Å². The van der Waals surface area contributed by atoms with Crippen molar-refractivity contribution in [3.8, 4) is 0 Å². The molecule has 1 fully saturated rings. The van der Waals surface area contributed by atoms with Crippen molar-refractivity contribution in [2.75, 3.05) is 36.0 Å². The Morgan fingerprint density at radius 3 is 2.68 bits per heavy atom. The molecule has 4 aromatic rings. The van der Waals surface area contributed by atoms with Crippen LogP contribution in [0, 0.1) is 0 Å². The number of benzene rings is 1. The summed E-state index contributed by atoms with van der Waals surface area (Å²) >= 11 is 0. The maximum atomic E-state index is 4.50. The minimum Gasteiger partial charge on any atom is -0.368 e. The highest BCUT2D eigenvalue weighted by Gasteiger charge is 2.20. The lowest BCUT2D eigenvalue weighted by molar-refractivity contribution is 0.649. The van der Waals surface area contributed by atoms with Gasteiger partial charge in [-0.1, -0.05) is 0 Å². The summed E-state index contributed by atoms with van der Waals surface area (Å²) in [5.74, 6) is 1.01. The largest absolute Gasteiger partial charge is 0.368 e. The number of nitrogens with zero attached hydrogens (tertiary/aromatic N) is 6. The highest BCUT2D eigenvalue weighted by molar-refractivity contribution is 5.87. The number of hydrogen-bond acceptors (Lipinski definition) is 6. The molecule has 1 aliphatic heterocycles. The van der Waals surface area contributed by atoms with E-state index in [1.165, 1.54) is 5.69 Å². The van der Waals surface area contributed by atoms with Crippen molar-refractivity contribution in [2.24, 2.45) is 0 Å². The fraction of sp³-hybridized carbons (Fsp3) is 0.222. The minimum atomic E-state index is 0.891. The van der Waals surface area contributed by atoms with E-state index in [2.05, 4.69) is 52.9 Å². The second-order valence-corrected chi connectivity index (χ2v) is 6.18. The zero-order valence-electron chi connectivity index (χ0n) is 13.6. The Kier molecular flexibility index (Phi) is 3.22. The Morgan fingerprint density at radius 2 is 1.76 bits per heavy atom. The predicted octanol–water partition coefficient (Wildman–Crippen LogP) is 2.23. The van der Waals surface area contributed by atoms with E-state index >= 15 is 0 Å². The summed E-state index contributed by atoms with van der Waals surface area (Å²) in [6, 6.07) is 8.41. The van der Waals surface area contributed by atoms with Gasteiger partial charge in [-0.15, -0.1) is 0 Å². The number of hydrogen-bond donors (Lipinski definition) is 1. The number of fused-ring (bicyclic) bond motifs is 2. The van der Waals surface area contributed by atoms with Crippen LogP contribution in [-0.4, -0.2) is 51.1 Å². The molecule has 124 valence electrons. The number of aromatic nitrogens is 5. The summed E-state index contributed by atoms with van der Waals surface area (Å²) in [6.45, 7) is 3.77. The van der Waals surface area contributed by atoms with Crippen molar-refractivity contribution >= 4 is 33.4 Å². The monoisotopic (exact) mass is 331 g/mol. The van der Waals surface area contributed by atoms with Gasteiger partial charge in [-0.2, -0.15) is 0 Å². The Morgan fingerprint density at radius 1 is 0.880 bits per heavy atom. The third kappa shape index (κ3) is 2.44. The molecule has 1 N–H and O–H groups in total. The maximum absolute atomic E-state index is 4.50. The van der Waals surface area contributed by atoms with Crippen LogP contribution >= 0.6 is 0 Å². The predicted molar refractivity (Wildman–Crippen MR) is 97.9 cm³/mol. The summed E-state index contributed by atoms with van der Waals surface area (Å²) in [4.78, 5) is 25.1. The molecule has 0 radical (unpaired) electrons. The summed E-state index contributed by atoms with van der Waals surface area (Å²) in [7, 11) is 0. The highest BCUT2D eigenvalue weighted by Crippen LogP contribution is 2.25. The van der Waals surface area contributed by atoms with E-state index in [1.54, 1.807) is 12.7 Å². The van der Waals surface area contributed by atoms with Gasteiger partial charge in [-0.3, -0.25) is 0 Å². The Hall–Kier alpha value is -3.22. The molecule has 0 aliphatic carbocycles. The SMILES string of the molecule is c1ncc2cc(N3CCN(c4ncnc5[nH]ccc45)CC3)ccc2n1. The molecule has 1 aromatic carbocycles. The van der Waals surface area contributed by atoms with Gasteiger partial charge >= 0.3 is 0 Å². The van der Waals surface area contributed by atoms with E-state index in [0.29, 0.717) is 0 Å². The van der Waals surface area contributed by atoms with Gasteiger partial charge in [-0.05, 0) is 24.3 Å². The van der Waals surface area contributed by atoms with Crippen molar-refractivity contribution in [2.45, 2.75) is 0 Å². The molecule has 4 heterocycles. The van der Waals surface area contributed by atoms with Gasteiger partial charge in [0.2, 0.25) is 0 Å². The lowest BCUT2D eigenvalue weighted by atomic mass is 10.2. The average Bonchev–Trinajstić information content (AvgIpc) is 3.17. The normalized spacial score (nSPS) is 15.2. The van der Waals surface area contributed by atoms with Crippen molar-refractivity contribution in [3.05, 3.63) is 49.3 Å². The molecule has 7 nitrogen and oxygen atoms in total. The van der Waals surface area contributed by atoms with E-state index in [-0.39, 0.29) is 0 Å². The lowest BCUT2D eigenvalue weighted by Crippen LogP contribution is -2.46. The fourth-order valence-corrected chi connectivity index (χ4v) is 3.46. The molecule has 0 spiro atoms. The molecular formula is C18H17N7. The van der Waals surface area contributed by atoms with Crippen LogP contribution in [-0.2, 0) is 0 Å². The zero-order chi connectivity index (χ0) is 16.6. The lowest BCUT2D eigenvalue weighted by Gasteiger charge is -2.37. The average molecular weight is 331 g/mol. The number of nitrogens with one attached hydrogen (secondary N) is 1. The highest BCUT2D eigenvalue weighted by atomic mass is 15.3. The molecule has 7 heteroatoms. The van der Waals surface area contributed by atoms with Gasteiger partial charge in [-0.25, -0.2) is 19.9 Å². The van der Waals surface area contributed by atoms with Crippen LogP contribution in [0.5, 0.6) is 0 Å². The van der Waals surface area contributed by atoms with Gasteiger partial charge in [0.1, 0.15) is 24.1 Å². The molecule has 5 rings (SSSR count). The van der Waals surface area contributed by atoms with Crippen LogP contribution in [0.25, 0.3) is 21.9 Å². The van der Waals surface area contributed by atoms with Gasteiger partial charge in [0.05, 0.1) is 10.9 Å². The topological polar surface area (TPSA) is 73.8 Å². The minimum absolute atomic E-state index is 0.891. The molecule has 1 saturated heterocycles. The van der Waals surface area contributed by atoms with Crippen LogP contribution in [0.2, 0.25) is 0 Å². The summed E-state index contributed by atoms with van der Waals surface area (Å²) in [5, 5.41) is 2.16. The number of aromatic amines is 1. The molecule has 1 aliphatic rings. The summed E-state index contributed by atoms with van der Waals surface area (Å²) in [6.07, 6.45) is 7.00. The molecule has 25 heavy (non-hydrogen) atoms. The molecule has 0 atom stereocenters. The van der Waals surface area contributed by atoms with Crippen molar-refractivity contribution in [1.29, 1.82) is 0 Å².